The van der Waals surface area contributed by atoms with Gasteiger partial charge in [-0.3, -0.25) is 10.1 Å². The molecule has 0 fully saturated rings. The molecule has 4 heteroatoms. The van der Waals surface area contributed by atoms with Crippen LogP contribution in [0.25, 0.3) is 10.9 Å². The van der Waals surface area contributed by atoms with Gasteiger partial charge in [-0.15, -0.1) is 0 Å². The van der Waals surface area contributed by atoms with Crippen LogP contribution in [0.5, 0.6) is 0 Å². The van der Waals surface area contributed by atoms with Gasteiger partial charge in [0, 0.05) is 23.5 Å². The lowest BCUT2D eigenvalue weighted by molar-refractivity contribution is -0.119. The molecule has 0 aliphatic carbocycles. The highest BCUT2D eigenvalue weighted by Crippen LogP contribution is 2.18. The Kier molecular flexibility index (Phi) is 2.88. The van der Waals surface area contributed by atoms with Gasteiger partial charge < -0.3 is 4.98 Å². The average Bonchev–Trinajstić information content (AvgIpc) is 2.70. The van der Waals surface area contributed by atoms with Gasteiger partial charge in [0.2, 0.25) is 5.91 Å². The van der Waals surface area contributed by atoms with Crippen LogP contribution in [-0.2, 0) is 11.2 Å². The maximum atomic E-state index is 11.1. The summed E-state index contributed by atoms with van der Waals surface area (Å²) in [5, 5.41) is 11.5. The summed E-state index contributed by atoms with van der Waals surface area (Å²) in [5.74, 6) is -0.243. The van der Waals surface area contributed by atoms with Crippen LogP contribution in [0.15, 0.2) is 30.5 Å². The van der Waals surface area contributed by atoms with Gasteiger partial charge in [0.05, 0.1) is 0 Å². The monoisotopic (exact) mass is 213 g/mol. The lowest BCUT2D eigenvalue weighted by atomic mass is 10.1. The summed E-state index contributed by atoms with van der Waals surface area (Å²) in [5.41, 5.74) is 2.17. The fourth-order valence-corrected chi connectivity index (χ4v) is 1.71. The number of nitrogens with one attached hydrogen (secondary N) is 2. The molecule has 0 radical (unpaired) electrons. The molecule has 16 heavy (non-hydrogen) atoms. The molecule has 1 heterocycles. The molecule has 0 aliphatic rings. The Bertz CT molecular complexity index is 551. The van der Waals surface area contributed by atoms with E-state index in [-0.39, 0.29) is 5.91 Å². The first-order valence-electron chi connectivity index (χ1n) is 5.04. The Morgan fingerprint density at radius 1 is 1.44 bits per heavy atom. The predicted molar refractivity (Wildman–Crippen MR) is 60.4 cm³/mol. The molecule has 4 nitrogen and oxygen atoms in total. The van der Waals surface area contributed by atoms with Gasteiger partial charge in [0.15, 0.2) is 6.19 Å². The first kappa shape index (κ1) is 10.2. The summed E-state index contributed by atoms with van der Waals surface area (Å²) >= 11 is 0. The molecule has 0 atom stereocenters. The molecular formula is C12H11N3O. The van der Waals surface area contributed by atoms with E-state index in [1.54, 1.807) is 6.19 Å². The van der Waals surface area contributed by atoms with Crippen LogP contribution in [0.4, 0.5) is 0 Å². The SMILES string of the molecule is N#CNC(=O)CCc1c[nH]c2ccccc12. The summed E-state index contributed by atoms with van der Waals surface area (Å²) in [4.78, 5) is 14.3. The molecule has 0 aliphatic heterocycles. The molecule has 0 bridgehead atoms. The first-order chi connectivity index (χ1) is 7.81. The Morgan fingerprint density at radius 3 is 3.06 bits per heavy atom. The van der Waals surface area contributed by atoms with E-state index in [2.05, 4.69) is 10.3 Å². The van der Waals surface area contributed by atoms with Gasteiger partial charge in [0.25, 0.3) is 0 Å². The van der Waals surface area contributed by atoms with E-state index >= 15 is 0 Å². The number of aromatic amines is 1. The van der Waals surface area contributed by atoms with Gasteiger partial charge in [0.1, 0.15) is 0 Å². The molecular weight excluding hydrogens is 202 g/mol. The quantitative estimate of drug-likeness (QED) is 0.601. The fraction of sp³-hybridized carbons (Fsp3) is 0.167. The number of carbonyl (C=O) groups is 1. The van der Waals surface area contributed by atoms with Gasteiger partial charge in [-0.05, 0) is 18.1 Å². The van der Waals surface area contributed by atoms with Crippen molar-refractivity contribution in [3.05, 3.63) is 36.0 Å². The van der Waals surface area contributed by atoms with E-state index in [9.17, 15) is 4.79 Å². The van der Waals surface area contributed by atoms with Gasteiger partial charge in [-0.25, -0.2) is 0 Å². The van der Waals surface area contributed by atoms with E-state index in [1.807, 2.05) is 30.5 Å². The highest BCUT2D eigenvalue weighted by atomic mass is 16.1. The van der Waals surface area contributed by atoms with Crippen LogP contribution < -0.4 is 5.32 Å². The Hall–Kier alpha value is -2.28. The predicted octanol–water partition coefficient (Wildman–Crippen LogP) is 1.70. The Morgan fingerprint density at radius 2 is 2.25 bits per heavy atom. The zero-order valence-electron chi connectivity index (χ0n) is 8.66. The topological polar surface area (TPSA) is 68.7 Å². The highest BCUT2D eigenvalue weighted by Gasteiger charge is 2.05. The van der Waals surface area contributed by atoms with Crippen molar-refractivity contribution >= 4 is 16.8 Å². The van der Waals surface area contributed by atoms with Crippen molar-refractivity contribution in [1.29, 1.82) is 5.26 Å². The molecule has 0 saturated heterocycles. The molecule has 80 valence electrons. The molecule has 2 N–H and O–H groups in total. The molecule has 0 unspecified atom stereocenters. The number of nitrogens with zero attached hydrogens (tertiary/aromatic N) is 1. The van der Waals surface area contributed by atoms with E-state index in [0.717, 1.165) is 16.5 Å². The number of nitriles is 1. The Labute approximate surface area is 92.9 Å². The average molecular weight is 213 g/mol. The summed E-state index contributed by atoms with van der Waals surface area (Å²) < 4.78 is 0. The number of aromatic nitrogens is 1. The summed E-state index contributed by atoms with van der Waals surface area (Å²) in [6.45, 7) is 0. The van der Waals surface area contributed by atoms with Crippen LogP contribution in [0.1, 0.15) is 12.0 Å². The van der Waals surface area contributed by atoms with Crippen molar-refractivity contribution in [3.8, 4) is 6.19 Å². The zero-order chi connectivity index (χ0) is 11.4. The van der Waals surface area contributed by atoms with Crippen molar-refractivity contribution < 1.29 is 4.79 Å². The number of fused-ring (bicyclic) bond motifs is 1. The Balaban J connectivity index is 2.11. The number of H-pyrrole nitrogens is 1. The van der Waals surface area contributed by atoms with E-state index in [1.165, 1.54) is 0 Å². The maximum absolute atomic E-state index is 11.1. The number of aryl methyl sites for hydroxylation is 1. The van der Waals surface area contributed by atoms with Gasteiger partial charge in [-0.1, -0.05) is 18.2 Å². The molecule has 2 rings (SSSR count). The second-order valence-electron chi connectivity index (χ2n) is 3.52. The number of hydrogen-bond acceptors (Lipinski definition) is 2. The lowest BCUT2D eigenvalue weighted by Crippen LogP contribution is -2.17. The van der Waals surface area contributed by atoms with Crippen molar-refractivity contribution in [3.63, 3.8) is 0 Å². The molecule has 0 spiro atoms. The molecule has 1 aromatic heterocycles. The van der Waals surface area contributed by atoms with Crippen LogP contribution in [-0.4, -0.2) is 10.9 Å². The second kappa shape index (κ2) is 4.49. The largest absolute Gasteiger partial charge is 0.361 e. The van der Waals surface area contributed by atoms with Crippen molar-refractivity contribution in [2.24, 2.45) is 0 Å². The van der Waals surface area contributed by atoms with Gasteiger partial charge in [-0.2, -0.15) is 5.26 Å². The van der Waals surface area contributed by atoms with Crippen molar-refractivity contribution in [1.82, 2.24) is 10.3 Å². The summed E-state index contributed by atoms with van der Waals surface area (Å²) in [7, 11) is 0. The summed E-state index contributed by atoms with van der Waals surface area (Å²) in [6, 6.07) is 7.94. The minimum Gasteiger partial charge on any atom is -0.361 e. The minimum atomic E-state index is -0.243. The van der Waals surface area contributed by atoms with E-state index in [0.29, 0.717) is 12.8 Å². The zero-order valence-corrected chi connectivity index (χ0v) is 8.66. The smallest absolute Gasteiger partial charge is 0.233 e. The second-order valence-corrected chi connectivity index (χ2v) is 3.52. The standard InChI is InChI=1S/C12H11N3O/c13-8-15-12(16)6-5-9-7-14-11-4-2-1-3-10(9)11/h1-4,7,14H,5-6H2,(H,15,16). The number of amides is 1. The summed E-state index contributed by atoms with van der Waals surface area (Å²) in [6.07, 6.45) is 4.50. The van der Waals surface area contributed by atoms with Crippen LogP contribution in [0.2, 0.25) is 0 Å². The number of para-hydroxylation sites is 1. The lowest BCUT2D eigenvalue weighted by Gasteiger charge is -1.97. The first-order valence-corrected chi connectivity index (χ1v) is 5.04. The maximum Gasteiger partial charge on any atom is 0.233 e. The van der Waals surface area contributed by atoms with E-state index < -0.39 is 0 Å². The van der Waals surface area contributed by atoms with Crippen LogP contribution >= 0.6 is 0 Å². The third-order valence-electron chi connectivity index (χ3n) is 2.49. The van der Waals surface area contributed by atoms with E-state index in [4.69, 9.17) is 5.26 Å². The fourth-order valence-electron chi connectivity index (χ4n) is 1.71. The third-order valence-corrected chi connectivity index (χ3v) is 2.49. The van der Waals surface area contributed by atoms with Gasteiger partial charge >= 0.3 is 0 Å². The van der Waals surface area contributed by atoms with Crippen LogP contribution in [0, 0.1) is 11.5 Å². The van der Waals surface area contributed by atoms with Crippen LogP contribution in [0.3, 0.4) is 0 Å². The minimum absolute atomic E-state index is 0.243. The number of benzene rings is 1. The number of carbonyl (C=O) groups excluding carboxylic acids is 1. The molecule has 2 aromatic rings. The highest BCUT2D eigenvalue weighted by molar-refractivity contribution is 5.84. The number of hydrogen-bond donors (Lipinski definition) is 2. The normalized spacial score (nSPS) is 9.94. The van der Waals surface area contributed by atoms with Crippen molar-refractivity contribution in [2.75, 3.05) is 0 Å². The van der Waals surface area contributed by atoms with Crippen molar-refractivity contribution in [2.45, 2.75) is 12.8 Å². The number of rotatable bonds is 3. The molecule has 1 amide bonds. The molecule has 1 aromatic carbocycles. The molecule has 0 saturated carbocycles. The third kappa shape index (κ3) is 2.04.